The summed E-state index contributed by atoms with van der Waals surface area (Å²) in [7, 11) is 0. The van der Waals surface area contributed by atoms with E-state index < -0.39 is 0 Å². The number of aromatic amines is 1. The van der Waals surface area contributed by atoms with Gasteiger partial charge in [-0.25, -0.2) is 0 Å². The number of amides is 2. The molecule has 1 heterocycles. The summed E-state index contributed by atoms with van der Waals surface area (Å²) in [5.74, 6) is 3.15. The number of hydrogen-bond acceptors (Lipinski definition) is 4. The molecule has 0 aromatic carbocycles. The SMILES string of the molecule is O=C(CCNC(=O)C12CC3CC(CC(C3)C1)C2)NCc1n[nH]c(=S)n1C1CC1. The molecule has 4 bridgehead atoms. The molecule has 0 unspecified atom stereocenters. The maximum Gasteiger partial charge on any atom is 0.226 e. The molecule has 1 aromatic rings. The highest BCUT2D eigenvalue weighted by Gasteiger charge is 2.54. The number of H-pyrrole nitrogens is 1. The Bertz CT molecular complexity index is 805. The fourth-order valence-corrected chi connectivity index (χ4v) is 6.60. The van der Waals surface area contributed by atoms with Crippen LogP contribution in [0.4, 0.5) is 0 Å². The Balaban J connectivity index is 1.09. The van der Waals surface area contributed by atoms with Crippen molar-refractivity contribution < 1.29 is 9.59 Å². The summed E-state index contributed by atoms with van der Waals surface area (Å²) in [5.41, 5.74) is -0.143. The number of nitrogens with one attached hydrogen (secondary N) is 3. The predicted molar refractivity (Wildman–Crippen MR) is 106 cm³/mol. The zero-order chi connectivity index (χ0) is 19.3. The van der Waals surface area contributed by atoms with Crippen LogP contribution in [-0.4, -0.2) is 33.1 Å². The molecule has 5 aliphatic rings. The van der Waals surface area contributed by atoms with Gasteiger partial charge >= 0.3 is 0 Å². The lowest BCUT2D eigenvalue weighted by Gasteiger charge is -2.55. The van der Waals surface area contributed by atoms with Crippen LogP contribution >= 0.6 is 12.2 Å². The summed E-state index contributed by atoms with van der Waals surface area (Å²) in [5, 5.41) is 13.0. The monoisotopic (exact) mass is 403 g/mol. The van der Waals surface area contributed by atoms with Crippen LogP contribution in [0.2, 0.25) is 0 Å². The van der Waals surface area contributed by atoms with Gasteiger partial charge in [0.2, 0.25) is 11.8 Å². The topological polar surface area (TPSA) is 91.8 Å². The van der Waals surface area contributed by atoms with E-state index in [9.17, 15) is 9.59 Å². The van der Waals surface area contributed by atoms with E-state index in [4.69, 9.17) is 12.2 Å². The predicted octanol–water partition coefficient (Wildman–Crippen LogP) is 2.61. The van der Waals surface area contributed by atoms with Gasteiger partial charge in [0.25, 0.3) is 0 Å². The van der Waals surface area contributed by atoms with Gasteiger partial charge in [-0.05, 0) is 81.3 Å². The van der Waals surface area contributed by atoms with Crippen LogP contribution in [0.5, 0.6) is 0 Å². The maximum absolute atomic E-state index is 12.9. The second-order valence-corrected chi connectivity index (χ2v) is 9.91. The van der Waals surface area contributed by atoms with E-state index in [0.717, 1.165) is 55.7 Å². The lowest BCUT2D eigenvalue weighted by Crippen LogP contribution is -2.53. The van der Waals surface area contributed by atoms with E-state index in [-0.39, 0.29) is 17.2 Å². The van der Waals surface area contributed by atoms with Crippen molar-refractivity contribution in [3.05, 3.63) is 10.6 Å². The van der Waals surface area contributed by atoms with E-state index in [0.29, 0.717) is 30.3 Å². The summed E-state index contributed by atoms with van der Waals surface area (Å²) in [6.07, 6.45) is 9.68. The van der Waals surface area contributed by atoms with Gasteiger partial charge in [-0.1, -0.05) is 0 Å². The van der Waals surface area contributed by atoms with Crippen molar-refractivity contribution in [2.45, 2.75) is 70.4 Å². The lowest BCUT2D eigenvalue weighted by molar-refractivity contribution is -0.146. The van der Waals surface area contributed by atoms with Gasteiger partial charge in [-0.15, -0.1) is 0 Å². The first-order chi connectivity index (χ1) is 13.5. The molecule has 0 aliphatic heterocycles. The molecule has 3 N–H and O–H groups in total. The normalized spacial score (nSPS) is 33.1. The van der Waals surface area contributed by atoms with Crippen LogP contribution in [0.15, 0.2) is 0 Å². The maximum atomic E-state index is 12.9. The first-order valence-electron chi connectivity index (χ1n) is 10.7. The third-order valence-electron chi connectivity index (χ3n) is 7.29. The molecule has 152 valence electrons. The summed E-state index contributed by atoms with van der Waals surface area (Å²) in [6.45, 7) is 0.771. The molecule has 5 fully saturated rings. The fourth-order valence-electron chi connectivity index (χ4n) is 6.30. The highest BCUT2D eigenvalue weighted by atomic mass is 32.1. The Hall–Kier alpha value is -1.70. The first kappa shape index (κ1) is 18.3. The average molecular weight is 404 g/mol. The van der Waals surface area contributed by atoms with Crippen LogP contribution in [-0.2, 0) is 16.1 Å². The van der Waals surface area contributed by atoms with Crippen LogP contribution < -0.4 is 10.6 Å². The van der Waals surface area contributed by atoms with Gasteiger partial charge in [-0.2, -0.15) is 5.10 Å². The standard InChI is InChI=1S/C20H29N5O2S/c26-17(22-11-16-23-24-19(28)25(16)15-1-2-15)3-4-21-18(27)20-8-12-5-13(9-20)7-14(6-12)10-20/h12-15H,1-11H2,(H,21,27)(H,22,26)(H,24,28). The highest BCUT2D eigenvalue weighted by molar-refractivity contribution is 7.71. The van der Waals surface area contributed by atoms with E-state index in [1.807, 2.05) is 4.57 Å². The van der Waals surface area contributed by atoms with Gasteiger partial charge < -0.3 is 10.6 Å². The number of aromatic nitrogens is 3. The van der Waals surface area contributed by atoms with E-state index in [2.05, 4.69) is 20.8 Å². The molecule has 1 aromatic heterocycles. The number of carbonyl (C=O) groups is 2. The minimum atomic E-state index is -0.143. The minimum Gasteiger partial charge on any atom is -0.355 e. The molecule has 0 atom stereocenters. The van der Waals surface area contributed by atoms with Crippen molar-refractivity contribution >= 4 is 24.0 Å². The number of nitrogens with zero attached hydrogens (tertiary/aromatic N) is 2. The Labute approximate surface area is 170 Å². The number of carbonyl (C=O) groups excluding carboxylic acids is 2. The van der Waals surface area contributed by atoms with Gasteiger partial charge in [-0.3, -0.25) is 19.3 Å². The van der Waals surface area contributed by atoms with Crippen molar-refractivity contribution in [2.75, 3.05) is 6.54 Å². The molecule has 0 radical (unpaired) electrons. The minimum absolute atomic E-state index is 0.0675. The van der Waals surface area contributed by atoms with E-state index >= 15 is 0 Å². The van der Waals surface area contributed by atoms with Crippen molar-refractivity contribution in [2.24, 2.45) is 23.2 Å². The molecule has 2 amide bonds. The molecular formula is C20H29N5O2S. The summed E-state index contributed by atoms with van der Waals surface area (Å²) < 4.78 is 2.62. The van der Waals surface area contributed by atoms with Crippen LogP contribution in [0.1, 0.15) is 69.7 Å². The summed E-state index contributed by atoms with van der Waals surface area (Å²) >= 11 is 5.26. The van der Waals surface area contributed by atoms with Gasteiger partial charge in [0, 0.05) is 24.4 Å². The third-order valence-corrected chi connectivity index (χ3v) is 7.58. The largest absolute Gasteiger partial charge is 0.355 e. The number of rotatable bonds is 7. The van der Waals surface area contributed by atoms with Crippen LogP contribution in [0.25, 0.3) is 0 Å². The van der Waals surface area contributed by atoms with Crippen molar-refractivity contribution in [3.8, 4) is 0 Å². The highest BCUT2D eigenvalue weighted by Crippen LogP contribution is 2.60. The summed E-state index contributed by atoms with van der Waals surface area (Å²) in [4.78, 5) is 25.1. The Morgan fingerprint density at radius 1 is 1.11 bits per heavy atom. The zero-order valence-corrected chi connectivity index (χ0v) is 17.0. The molecule has 6 rings (SSSR count). The Morgan fingerprint density at radius 3 is 2.36 bits per heavy atom. The summed E-state index contributed by atoms with van der Waals surface area (Å²) in [6, 6.07) is 0.428. The van der Waals surface area contributed by atoms with Crippen molar-refractivity contribution in [3.63, 3.8) is 0 Å². The molecule has 5 aliphatic carbocycles. The van der Waals surface area contributed by atoms with E-state index in [1.54, 1.807) is 0 Å². The second kappa shape index (κ2) is 6.97. The third kappa shape index (κ3) is 3.40. The van der Waals surface area contributed by atoms with Gasteiger partial charge in [0.05, 0.1) is 6.54 Å². The van der Waals surface area contributed by atoms with Crippen molar-refractivity contribution in [1.29, 1.82) is 0 Å². The Morgan fingerprint density at radius 2 is 1.75 bits per heavy atom. The lowest BCUT2D eigenvalue weighted by atomic mass is 9.49. The molecule has 0 saturated heterocycles. The van der Waals surface area contributed by atoms with Crippen LogP contribution in [0, 0.1) is 27.9 Å². The average Bonchev–Trinajstić information content (AvgIpc) is 3.41. The van der Waals surface area contributed by atoms with E-state index in [1.165, 1.54) is 19.3 Å². The molecule has 8 heteroatoms. The van der Waals surface area contributed by atoms with Gasteiger partial charge in [0.1, 0.15) is 0 Å². The molecule has 7 nitrogen and oxygen atoms in total. The second-order valence-electron chi connectivity index (χ2n) is 9.53. The Kier molecular flexibility index (Phi) is 4.56. The first-order valence-corrected chi connectivity index (χ1v) is 11.1. The van der Waals surface area contributed by atoms with Crippen LogP contribution in [0.3, 0.4) is 0 Å². The zero-order valence-electron chi connectivity index (χ0n) is 16.2. The molecule has 0 spiro atoms. The van der Waals surface area contributed by atoms with Crippen molar-refractivity contribution in [1.82, 2.24) is 25.4 Å². The van der Waals surface area contributed by atoms with Gasteiger partial charge in [0.15, 0.2) is 10.6 Å². The molecular weight excluding hydrogens is 374 g/mol. The molecule has 5 saturated carbocycles. The quantitative estimate of drug-likeness (QED) is 0.610. The fraction of sp³-hybridized carbons (Fsp3) is 0.800. The number of hydrogen-bond donors (Lipinski definition) is 3. The smallest absolute Gasteiger partial charge is 0.226 e. The molecule has 28 heavy (non-hydrogen) atoms.